The third-order valence-electron chi connectivity index (χ3n) is 6.42. The van der Waals surface area contributed by atoms with Crippen LogP contribution >= 0.6 is 0 Å². The van der Waals surface area contributed by atoms with E-state index in [0.717, 1.165) is 0 Å². The minimum Gasteiger partial charge on any atom is -0.496 e. The Bertz CT molecular complexity index is 1420. The summed E-state index contributed by atoms with van der Waals surface area (Å²) >= 11 is 0. The van der Waals surface area contributed by atoms with Crippen molar-refractivity contribution < 1.29 is 52.3 Å². The molecule has 11 nitrogen and oxygen atoms in total. The molecule has 0 aromatic heterocycles. The molecule has 0 N–H and O–H groups in total. The van der Waals surface area contributed by atoms with E-state index in [4.69, 9.17) is 37.9 Å². The van der Waals surface area contributed by atoms with Gasteiger partial charge in [0.15, 0.2) is 29.1 Å². The number of benzene rings is 3. The lowest BCUT2D eigenvalue weighted by atomic mass is 10.1. The fraction of sp³-hybridized carbons (Fsp3) is 0.323. The van der Waals surface area contributed by atoms with E-state index >= 15 is 0 Å². The van der Waals surface area contributed by atoms with Gasteiger partial charge in [-0.1, -0.05) is 18.2 Å². The molecule has 0 aliphatic rings. The average molecular weight is 583 g/mol. The maximum absolute atomic E-state index is 13.3. The first-order valence-electron chi connectivity index (χ1n) is 12.8. The van der Waals surface area contributed by atoms with Gasteiger partial charge in [-0.05, 0) is 50.2 Å². The molecule has 0 radical (unpaired) electrons. The highest BCUT2D eigenvalue weighted by atomic mass is 16.6. The van der Waals surface area contributed by atoms with Crippen molar-refractivity contribution in [1.29, 1.82) is 0 Å². The Kier molecular flexibility index (Phi) is 11.0. The first-order valence-corrected chi connectivity index (χ1v) is 12.8. The van der Waals surface area contributed by atoms with Crippen LogP contribution in [-0.2, 0) is 14.2 Å². The number of methoxy groups -OCH3 is 5. The van der Waals surface area contributed by atoms with Crippen LogP contribution in [0.5, 0.6) is 28.7 Å². The van der Waals surface area contributed by atoms with E-state index in [9.17, 15) is 14.4 Å². The van der Waals surface area contributed by atoms with Gasteiger partial charge in [0.2, 0.25) is 0 Å². The number of rotatable bonds is 13. The zero-order valence-electron chi connectivity index (χ0n) is 24.5. The Morgan fingerprint density at radius 3 is 1.55 bits per heavy atom. The van der Waals surface area contributed by atoms with Crippen LogP contribution in [0.15, 0.2) is 54.6 Å². The molecule has 11 heteroatoms. The van der Waals surface area contributed by atoms with E-state index in [0.29, 0.717) is 22.8 Å². The molecular formula is C31H34O11. The van der Waals surface area contributed by atoms with Crippen molar-refractivity contribution in [2.45, 2.75) is 26.1 Å². The topological polar surface area (TPSA) is 125 Å². The number of para-hydroxylation sites is 2. The molecule has 0 saturated heterocycles. The Labute approximate surface area is 244 Å². The Balaban J connectivity index is 1.88. The summed E-state index contributed by atoms with van der Waals surface area (Å²) in [5.41, 5.74) is 0.965. The molecule has 0 amide bonds. The standard InChI is InChI=1S/C31H34O11/c1-18-20(11-8-14-23(18)35-3)30(33)42-26(17-40-29(32)21-12-9-15-24(36-4)27(21)38-6)19(2)41-31(34)22-13-10-16-25(37-5)28(22)39-7/h8-16,19,26H,17H2,1-7H3. The van der Waals surface area contributed by atoms with Gasteiger partial charge < -0.3 is 37.9 Å². The fourth-order valence-corrected chi connectivity index (χ4v) is 4.16. The van der Waals surface area contributed by atoms with Crippen LogP contribution in [-0.4, -0.2) is 72.3 Å². The third kappa shape index (κ3) is 7.03. The van der Waals surface area contributed by atoms with Gasteiger partial charge in [-0.3, -0.25) is 0 Å². The number of esters is 3. The predicted octanol–water partition coefficient (Wildman–Crippen LogP) is 4.67. The average Bonchev–Trinajstić information content (AvgIpc) is 3.01. The van der Waals surface area contributed by atoms with Crippen molar-refractivity contribution in [2.75, 3.05) is 42.2 Å². The van der Waals surface area contributed by atoms with Crippen LogP contribution in [0.25, 0.3) is 0 Å². The van der Waals surface area contributed by atoms with Crippen molar-refractivity contribution in [3.63, 3.8) is 0 Å². The smallest absolute Gasteiger partial charge is 0.342 e. The summed E-state index contributed by atoms with van der Waals surface area (Å²) in [6, 6.07) is 14.4. The van der Waals surface area contributed by atoms with E-state index in [2.05, 4.69) is 0 Å². The first-order chi connectivity index (χ1) is 20.2. The second kappa shape index (κ2) is 14.6. The molecule has 0 heterocycles. The van der Waals surface area contributed by atoms with E-state index < -0.39 is 36.7 Å². The minimum absolute atomic E-state index is 0.0931. The first kappa shape index (κ1) is 31.6. The van der Waals surface area contributed by atoms with Gasteiger partial charge in [-0.15, -0.1) is 0 Å². The SMILES string of the molecule is COc1cccc(C(=O)OC(COC(=O)c2cccc(OC)c2OC)C(C)OC(=O)c2cccc(OC)c2OC)c1C. The van der Waals surface area contributed by atoms with Gasteiger partial charge in [-0.25, -0.2) is 14.4 Å². The fourth-order valence-electron chi connectivity index (χ4n) is 4.16. The van der Waals surface area contributed by atoms with Gasteiger partial charge in [0.25, 0.3) is 0 Å². The third-order valence-corrected chi connectivity index (χ3v) is 6.42. The van der Waals surface area contributed by atoms with Gasteiger partial charge in [0.1, 0.15) is 29.6 Å². The zero-order chi connectivity index (χ0) is 30.8. The molecule has 0 bridgehead atoms. The largest absolute Gasteiger partial charge is 0.496 e. The number of ether oxygens (including phenoxy) is 8. The highest BCUT2D eigenvalue weighted by Crippen LogP contribution is 2.33. The van der Waals surface area contributed by atoms with Gasteiger partial charge >= 0.3 is 17.9 Å². The monoisotopic (exact) mass is 582 g/mol. The lowest BCUT2D eigenvalue weighted by Crippen LogP contribution is -2.37. The second-order valence-corrected chi connectivity index (χ2v) is 8.87. The molecule has 3 aromatic carbocycles. The maximum Gasteiger partial charge on any atom is 0.342 e. The highest BCUT2D eigenvalue weighted by molar-refractivity contribution is 5.95. The van der Waals surface area contributed by atoms with Crippen molar-refractivity contribution >= 4 is 17.9 Å². The summed E-state index contributed by atoms with van der Waals surface area (Å²) in [7, 11) is 7.16. The predicted molar refractivity (Wildman–Crippen MR) is 151 cm³/mol. The van der Waals surface area contributed by atoms with Crippen LogP contribution in [0.4, 0.5) is 0 Å². The van der Waals surface area contributed by atoms with E-state index in [1.54, 1.807) is 49.4 Å². The summed E-state index contributed by atoms with van der Waals surface area (Å²) in [5.74, 6) is -0.759. The second-order valence-electron chi connectivity index (χ2n) is 8.87. The van der Waals surface area contributed by atoms with Crippen LogP contribution in [0, 0.1) is 6.92 Å². The number of hydrogen-bond donors (Lipinski definition) is 0. The van der Waals surface area contributed by atoms with Crippen LogP contribution in [0.2, 0.25) is 0 Å². The highest BCUT2D eigenvalue weighted by Gasteiger charge is 2.31. The number of carbonyl (C=O) groups is 3. The normalized spacial score (nSPS) is 11.9. The van der Waals surface area contributed by atoms with Crippen molar-refractivity contribution in [1.82, 2.24) is 0 Å². The van der Waals surface area contributed by atoms with E-state index in [1.807, 2.05) is 0 Å². The maximum atomic E-state index is 13.3. The molecule has 3 aromatic rings. The Morgan fingerprint density at radius 2 is 1.05 bits per heavy atom. The van der Waals surface area contributed by atoms with E-state index in [1.165, 1.54) is 54.6 Å². The Morgan fingerprint density at radius 1 is 0.595 bits per heavy atom. The summed E-state index contributed by atoms with van der Waals surface area (Å²) in [4.78, 5) is 39.5. The van der Waals surface area contributed by atoms with Crippen molar-refractivity contribution in [2.24, 2.45) is 0 Å². The van der Waals surface area contributed by atoms with E-state index in [-0.39, 0.29) is 28.2 Å². The van der Waals surface area contributed by atoms with Gasteiger partial charge in [0, 0.05) is 5.56 Å². The lowest BCUT2D eigenvalue weighted by Gasteiger charge is -2.25. The molecule has 0 aliphatic heterocycles. The summed E-state index contributed by atoms with van der Waals surface area (Å²) in [6.07, 6.45) is -2.27. The van der Waals surface area contributed by atoms with Crippen molar-refractivity contribution in [3.05, 3.63) is 76.9 Å². The lowest BCUT2D eigenvalue weighted by molar-refractivity contribution is -0.0524. The summed E-state index contributed by atoms with van der Waals surface area (Å²) in [6.45, 7) is 2.77. The zero-order valence-corrected chi connectivity index (χ0v) is 24.5. The minimum atomic E-state index is -1.20. The molecule has 0 saturated carbocycles. The summed E-state index contributed by atoms with van der Waals surface area (Å²) < 4.78 is 43.4. The quantitative estimate of drug-likeness (QED) is 0.206. The van der Waals surface area contributed by atoms with Crippen LogP contribution in [0.1, 0.15) is 43.6 Å². The Hall–Kier alpha value is -4.93. The molecule has 0 aliphatic carbocycles. The molecular weight excluding hydrogens is 548 g/mol. The molecule has 0 fully saturated rings. The molecule has 2 unspecified atom stereocenters. The summed E-state index contributed by atoms with van der Waals surface area (Å²) in [5, 5.41) is 0. The van der Waals surface area contributed by atoms with Gasteiger partial charge in [-0.2, -0.15) is 0 Å². The molecule has 224 valence electrons. The molecule has 3 rings (SSSR count). The van der Waals surface area contributed by atoms with Crippen molar-refractivity contribution in [3.8, 4) is 28.7 Å². The van der Waals surface area contributed by atoms with Crippen LogP contribution < -0.4 is 23.7 Å². The number of hydrogen-bond acceptors (Lipinski definition) is 11. The molecule has 2 atom stereocenters. The number of carbonyl (C=O) groups excluding carboxylic acids is 3. The van der Waals surface area contributed by atoms with Gasteiger partial charge in [0.05, 0.1) is 41.1 Å². The molecule has 42 heavy (non-hydrogen) atoms. The molecule has 0 spiro atoms. The van der Waals surface area contributed by atoms with Crippen LogP contribution in [0.3, 0.4) is 0 Å².